The minimum atomic E-state index is 0.501. The lowest BCUT2D eigenvalue weighted by molar-refractivity contribution is 0.455. The largest absolute Gasteiger partial charge is 0.399 e. The van der Waals surface area contributed by atoms with E-state index in [1.165, 1.54) is 12.8 Å². The van der Waals surface area contributed by atoms with Gasteiger partial charge in [0.1, 0.15) is 0 Å². The van der Waals surface area contributed by atoms with Crippen molar-refractivity contribution < 1.29 is 0 Å². The Morgan fingerprint density at radius 1 is 1.27 bits per heavy atom. The first kappa shape index (κ1) is 13.3. The molecule has 3 aromatic rings. The Morgan fingerprint density at radius 3 is 3.09 bits per heavy atom. The summed E-state index contributed by atoms with van der Waals surface area (Å²) in [6.07, 6.45) is 6.15. The Bertz CT molecular complexity index is 802. The first-order chi connectivity index (χ1) is 10.8. The summed E-state index contributed by atoms with van der Waals surface area (Å²) in [4.78, 5) is 4.88. The van der Waals surface area contributed by atoms with Crippen molar-refractivity contribution in [2.75, 3.05) is 18.8 Å². The van der Waals surface area contributed by atoms with Crippen molar-refractivity contribution in [3.8, 4) is 11.3 Å². The van der Waals surface area contributed by atoms with Gasteiger partial charge in [0.05, 0.1) is 17.4 Å². The van der Waals surface area contributed by atoms with E-state index in [-0.39, 0.29) is 0 Å². The molecule has 0 bridgehead atoms. The maximum Gasteiger partial charge on any atom is 0.0776 e. The number of nitrogen functional groups attached to an aromatic ring is 1. The van der Waals surface area contributed by atoms with Gasteiger partial charge in [-0.25, -0.2) is 4.52 Å². The molecule has 3 N–H and O–H groups in total. The number of anilines is 1. The predicted octanol–water partition coefficient (Wildman–Crippen LogP) is 2.45. The van der Waals surface area contributed by atoms with Gasteiger partial charge >= 0.3 is 0 Å². The molecule has 1 atom stereocenters. The van der Waals surface area contributed by atoms with E-state index in [9.17, 15) is 0 Å². The van der Waals surface area contributed by atoms with Crippen molar-refractivity contribution in [1.29, 1.82) is 0 Å². The molecule has 3 aromatic heterocycles. The molecular formula is C17H19N5. The Morgan fingerprint density at radius 2 is 2.23 bits per heavy atom. The molecule has 0 aromatic carbocycles. The quantitative estimate of drug-likeness (QED) is 0.761. The normalized spacial score (nSPS) is 18.6. The molecule has 1 saturated heterocycles. The Kier molecular flexibility index (Phi) is 3.27. The molecule has 22 heavy (non-hydrogen) atoms. The number of nitrogens with zero attached hydrogens (tertiary/aromatic N) is 3. The number of rotatable bonds is 2. The van der Waals surface area contributed by atoms with Crippen molar-refractivity contribution in [1.82, 2.24) is 19.9 Å². The van der Waals surface area contributed by atoms with E-state index < -0.39 is 0 Å². The van der Waals surface area contributed by atoms with Gasteiger partial charge in [-0.15, -0.1) is 0 Å². The molecule has 4 rings (SSSR count). The monoisotopic (exact) mass is 293 g/mol. The van der Waals surface area contributed by atoms with E-state index in [4.69, 9.17) is 10.7 Å². The molecule has 5 nitrogen and oxygen atoms in total. The maximum atomic E-state index is 5.91. The first-order valence-electron chi connectivity index (χ1n) is 7.72. The average molecular weight is 293 g/mol. The van der Waals surface area contributed by atoms with Gasteiger partial charge in [0, 0.05) is 35.6 Å². The molecule has 0 amide bonds. The van der Waals surface area contributed by atoms with Gasteiger partial charge in [-0.3, -0.25) is 4.98 Å². The molecule has 112 valence electrons. The second-order valence-corrected chi connectivity index (χ2v) is 5.84. The zero-order valence-corrected chi connectivity index (χ0v) is 12.4. The van der Waals surface area contributed by atoms with Crippen LogP contribution in [0.5, 0.6) is 0 Å². The SMILES string of the molecule is Nc1ccn2ncc(-c3cccc(C4CCCNC4)n3)c2c1. The molecular weight excluding hydrogens is 274 g/mol. The van der Waals surface area contributed by atoms with Crippen molar-refractivity contribution in [3.05, 3.63) is 48.4 Å². The van der Waals surface area contributed by atoms with E-state index in [1.807, 2.05) is 35.1 Å². The molecule has 1 fully saturated rings. The van der Waals surface area contributed by atoms with Gasteiger partial charge < -0.3 is 11.1 Å². The Balaban J connectivity index is 1.76. The third-order valence-electron chi connectivity index (χ3n) is 4.31. The summed E-state index contributed by atoms with van der Waals surface area (Å²) >= 11 is 0. The lowest BCUT2D eigenvalue weighted by Crippen LogP contribution is -2.28. The molecule has 1 aliphatic rings. The van der Waals surface area contributed by atoms with Crippen LogP contribution in [-0.2, 0) is 0 Å². The predicted molar refractivity (Wildman–Crippen MR) is 87.7 cm³/mol. The highest BCUT2D eigenvalue weighted by Crippen LogP contribution is 2.27. The van der Waals surface area contributed by atoms with Crippen molar-refractivity contribution in [2.45, 2.75) is 18.8 Å². The third-order valence-corrected chi connectivity index (χ3v) is 4.31. The van der Waals surface area contributed by atoms with Gasteiger partial charge in [0.2, 0.25) is 0 Å². The van der Waals surface area contributed by atoms with Crippen LogP contribution in [0.15, 0.2) is 42.7 Å². The molecule has 5 heteroatoms. The van der Waals surface area contributed by atoms with Crippen LogP contribution in [0.4, 0.5) is 5.69 Å². The van der Waals surface area contributed by atoms with Gasteiger partial charge in [-0.2, -0.15) is 5.10 Å². The summed E-state index contributed by atoms with van der Waals surface area (Å²) in [6.45, 7) is 2.13. The average Bonchev–Trinajstić information content (AvgIpc) is 2.99. The van der Waals surface area contributed by atoms with Gasteiger partial charge in [-0.1, -0.05) is 6.07 Å². The van der Waals surface area contributed by atoms with E-state index in [0.29, 0.717) is 5.92 Å². The fraction of sp³-hybridized carbons (Fsp3) is 0.294. The van der Waals surface area contributed by atoms with Crippen LogP contribution in [0.3, 0.4) is 0 Å². The Labute approximate surface area is 129 Å². The van der Waals surface area contributed by atoms with Crippen LogP contribution < -0.4 is 11.1 Å². The van der Waals surface area contributed by atoms with Gasteiger partial charge in [0.25, 0.3) is 0 Å². The van der Waals surface area contributed by atoms with E-state index >= 15 is 0 Å². The highest BCUT2D eigenvalue weighted by Gasteiger charge is 2.17. The number of pyridine rings is 2. The summed E-state index contributed by atoms with van der Waals surface area (Å²) in [6, 6.07) is 10.0. The van der Waals surface area contributed by atoms with Crippen molar-refractivity contribution in [2.24, 2.45) is 0 Å². The van der Waals surface area contributed by atoms with Crippen LogP contribution in [0, 0.1) is 0 Å². The molecule has 4 heterocycles. The number of piperidine rings is 1. The molecule has 1 unspecified atom stereocenters. The minimum absolute atomic E-state index is 0.501. The fourth-order valence-electron chi connectivity index (χ4n) is 3.13. The number of hydrogen-bond donors (Lipinski definition) is 2. The molecule has 0 radical (unpaired) electrons. The van der Waals surface area contributed by atoms with Crippen LogP contribution in [0.25, 0.3) is 16.8 Å². The highest BCUT2D eigenvalue weighted by molar-refractivity contribution is 5.79. The number of hydrogen-bond acceptors (Lipinski definition) is 4. The van der Waals surface area contributed by atoms with Gasteiger partial charge in [-0.05, 0) is 43.7 Å². The lowest BCUT2D eigenvalue weighted by atomic mass is 9.95. The zero-order chi connectivity index (χ0) is 14.9. The number of nitrogens with two attached hydrogens (primary N) is 1. The van der Waals surface area contributed by atoms with Crippen molar-refractivity contribution in [3.63, 3.8) is 0 Å². The minimum Gasteiger partial charge on any atom is -0.399 e. The number of fused-ring (bicyclic) bond motifs is 1. The zero-order valence-electron chi connectivity index (χ0n) is 12.4. The molecule has 0 spiro atoms. The molecule has 0 aliphatic carbocycles. The van der Waals surface area contributed by atoms with E-state index in [0.717, 1.165) is 41.2 Å². The summed E-state index contributed by atoms with van der Waals surface area (Å²) in [5.74, 6) is 0.501. The van der Waals surface area contributed by atoms with Crippen LogP contribution in [0.1, 0.15) is 24.5 Å². The lowest BCUT2D eigenvalue weighted by Gasteiger charge is -2.22. The summed E-state index contributed by atoms with van der Waals surface area (Å²) in [5, 5.41) is 7.84. The highest BCUT2D eigenvalue weighted by atomic mass is 15.2. The van der Waals surface area contributed by atoms with E-state index in [2.05, 4.69) is 22.5 Å². The maximum absolute atomic E-state index is 5.91. The second kappa shape index (κ2) is 5.42. The van der Waals surface area contributed by atoms with Crippen LogP contribution in [0.2, 0.25) is 0 Å². The standard InChI is InChI=1S/C17H19N5/c18-13-6-8-22-17(9-13)14(11-20-22)16-5-1-4-15(21-16)12-3-2-7-19-10-12/h1,4-6,8-9,11-12,19H,2-3,7,10,18H2. The Hall–Kier alpha value is -2.40. The first-order valence-corrected chi connectivity index (χ1v) is 7.72. The fourth-order valence-corrected chi connectivity index (χ4v) is 3.13. The van der Waals surface area contributed by atoms with Crippen molar-refractivity contribution >= 4 is 11.2 Å². The van der Waals surface area contributed by atoms with E-state index in [1.54, 1.807) is 0 Å². The van der Waals surface area contributed by atoms with Gasteiger partial charge in [0.15, 0.2) is 0 Å². The molecule has 1 aliphatic heterocycles. The molecule has 0 saturated carbocycles. The van der Waals surface area contributed by atoms with Crippen LogP contribution in [-0.4, -0.2) is 27.7 Å². The summed E-state index contributed by atoms with van der Waals surface area (Å²) in [7, 11) is 0. The number of nitrogens with one attached hydrogen (secondary N) is 1. The van der Waals surface area contributed by atoms with Crippen LogP contribution >= 0.6 is 0 Å². The smallest absolute Gasteiger partial charge is 0.0776 e. The summed E-state index contributed by atoms with van der Waals surface area (Å²) in [5.41, 5.74) is 10.8. The topological polar surface area (TPSA) is 68.2 Å². The second-order valence-electron chi connectivity index (χ2n) is 5.84. The third kappa shape index (κ3) is 2.33. The summed E-state index contributed by atoms with van der Waals surface area (Å²) < 4.78 is 1.84. The number of aromatic nitrogens is 3.